The normalized spacial score (nSPS) is 12.0. The third kappa shape index (κ3) is 3.46. The van der Waals surface area contributed by atoms with Crippen molar-refractivity contribution in [3.05, 3.63) is 28.8 Å². The van der Waals surface area contributed by atoms with Crippen molar-refractivity contribution in [3.8, 4) is 6.07 Å². The van der Waals surface area contributed by atoms with E-state index in [1.165, 1.54) is 0 Å². The van der Waals surface area contributed by atoms with Gasteiger partial charge < -0.3 is 11.1 Å². The Morgan fingerprint density at radius 1 is 1.56 bits per heavy atom. The second-order valence-electron chi connectivity index (χ2n) is 4.38. The lowest BCUT2D eigenvalue weighted by Crippen LogP contribution is -2.33. The Kier molecular flexibility index (Phi) is 5.14. The molecule has 0 saturated heterocycles. The Bertz CT molecular complexity index is 480. The lowest BCUT2D eigenvalue weighted by atomic mass is 9.95. The average Bonchev–Trinajstić information content (AvgIpc) is 2.29. The quantitative estimate of drug-likeness (QED) is 0.877. The minimum absolute atomic E-state index is 0.139. The number of carbonyl (C=O) groups is 1. The van der Waals surface area contributed by atoms with Crippen LogP contribution in [0.1, 0.15) is 19.4 Å². The number of carbonyl (C=O) groups excluding carboxylic acids is 1. The molecular weight excluding hydrogens is 250 g/mol. The number of anilines is 1. The number of nitrogens with two attached hydrogens (primary N) is 1. The number of benzene rings is 1. The maximum Gasteiger partial charge on any atom is 0.229 e. The van der Waals surface area contributed by atoms with E-state index in [0.717, 1.165) is 0 Å². The fraction of sp³-hybridized carbons (Fsp3) is 0.385. The summed E-state index contributed by atoms with van der Waals surface area (Å²) in [7, 11) is 0. The molecule has 0 aliphatic heterocycles. The highest BCUT2D eigenvalue weighted by molar-refractivity contribution is 6.31. The van der Waals surface area contributed by atoms with Gasteiger partial charge in [0.25, 0.3) is 0 Å². The lowest BCUT2D eigenvalue weighted by Gasteiger charge is -2.18. The molecule has 4 nitrogen and oxygen atoms in total. The fourth-order valence-electron chi connectivity index (χ4n) is 1.62. The van der Waals surface area contributed by atoms with Gasteiger partial charge in [0.15, 0.2) is 0 Å². The first-order valence-electron chi connectivity index (χ1n) is 5.70. The van der Waals surface area contributed by atoms with Gasteiger partial charge in [0.05, 0.1) is 17.2 Å². The first-order chi connectivity index (χ1) is 8.49. The zero-order chi connectivity index (χ0) is 13.7. The van der Waals surface area contributed by atoms with E-state index in [0.29, 0.717) is 16.3 Å². The van der Waals surface area contributed by atoms with Crippen LogP contribution in [-0.2, 0) is 4.79 Å². The van der Waals surface area contributed by atoms with Gasteiger partial charge in [-0.1, -0.05) is 25.4 Å². The summed E-state index contributed by atoms with van der Waals surface area (Å²) in [4.78, 5) is 12.0. The largest absolute Gasteiger partial charge is 0.330 e. The number of nitrogens with one attached hydrogen (secondary N) is 1. The minimum Gasteiger partial charge on any atom is -0.330 e. The van der Waals surface area contributed by atoms with Crippen molar-refractivity contribution < 1.29 is 4.79 Å². The van der Waals surface area contributed by atoms with Crippen molar-refractivity contribution in [2.24, 2.45) is 17.6 Å². The molecule has 0 aliphatic rings. The minimum atomic E-state index is -0.282. The van der Waals surface area contributed by atoms with Gasteiger partial charge in [-0.05, 0) is 24.1 Å². The van der Waals surface area contributed by atoms with E-state index in [2.05, 4.69) is 5.32 Å². The molecule has 1 rings (SSSR count). The monoisotopic (exact) mass is 265 g/mol. The van der Waals surface area contributed by atoms with Gasteiger partial charge in [0.1, 0.15) is 6.07 Å². The number of hydrogen-bond donors (Lipinski definition) is 2. The Morgan fingerprint density at radius 2 is 2.22 bits per heavy atom. The van der Waals surface area contributed by atoms with Gasteiger partial charge in [-0.15, -0.1) is 0 Å². The molecule has 1 aromatic rings. The summed E-state index contributed by atoms with van der Waals surface area (Å²) < 4.78 is 0. The molecular formula is C13H16ClN3O. The highest BCUT2D eigenvalue weighted by atomic mass is 35.5. The number of amides is 1. The molecule has 0 bridgehead atoms. The molecule has 1 aromatic carbocycles. The van der Waals surface area contributed by atoms with Gasteiger partial charge in [0, 0.05) is 11.6 Å². The standard InChI is InChI=1S/C13H16ClN3O/c1-8(2)11(7-16)13(18)17-12-5-10(14)4-3-9(12)6-15/h3-5,8,11H,7,16H2,1-2H3,(H,17,18). The Labute approximate surface area is 112 Å². The van der Waals surface area contributed by atoms with Crippen LogP contribution in [0.2, 0.25) is 5.02 Å². The zero-order valence-corrected chi connectivity index (χ0v) is 11.2. The molecule has 18 heavy (non-hydrogen) atoms. The van der Waals surface area contributed by atoms with Crippen molar-refractivity contribution in [3.63, 3.8) is 0 Å². The van der Waals surface area contributed by atoms with Crippen LogP contribution in [0.25, 0.3) is 0 Å². The Hall–Kier alpha value is -1.57. The van der Waals surface area contributed by atoms with E-state index >= 15 is 0 Å². The molecule has 0 heterocycles. The first-order valence-corrected chi connectivity index (χ1v) is 6.08. The summed E-state index contributed by atoms with van der Waals surface area (Å²) in [5.41, 5.74) is 6.38. The molecule has 0 fully saturated rings. The zero-order valence-electron chi connectivity index (χ0n) is 10.4. The predicted octanol–water partition coefficient (Wildman–Crippen LogP) is 2.38. The third-order valence-corrected chi connectivity index (χ3v) is 2.99. The molecule has 0 aromatic heterocycles. The van der Waals surface area contributed by atoms with Gasteiger partial charge in [-0.3, -0.25) is 4.79 Å². The second kappa shape index (κ2) is 6.39. The molecule has 0 radical (unpaired) electrons. The van der Waals surface area contributed by atoms with E-state index in [9.17, 15) is 4.79 Å². The van der Waals surface area contributed by atoms with E-state index in [-0.39, 0.29) is 24.3 Å². The van der Waals surface area contributed by atoms with Crippen LogP contribution in [-0.4, -0.2) is 12.5 Å². The van der Waals surface area contributed by atoms with Crippen molar-refractivity contribution in [2.75, 3.05) is 11.9 Å². The summed E-state index contributed by atoms with van der Waals surface area (Å²) in [6, 6.07) is 6.76. The maximum absolute atomic E-state index is 12.0. The molecule has 3 N–H and O–H groups in total. The van der Waals surface area contributed by atoms with Crippen LogP contribution in [0, 0.1) is 23.2 Å². The van der Waals surface area contributed by atoms with Gasteiger partial charge in [-0.25, -0.2) is 0 Å². The average molecular weight is 266 g/mol. The lowest BCUT2D eigenvalue weighted by molar-refractivity contribution is -0.120. The molecule has 0 spiro atoms. The summed E-state index contributed by atoms with van der Waals surface area (Å²) in [5.74, 6) is -0.332. The highest BCUT2D eigenvalue weighted by Gasteiger charge is 2.21. The smallest absolute Gasteiger partial charge is 0.229 e. The third-order valence-electron chi connectivity index (χ3n) is 2.76. The molecule has 1 unspecified atom stereocenters. The summed E-state index contributed by atoms with van der Waals surface area (Å²) >= 11 is 5.85. The van der Waals surface area contributed by atoms with Crippen molar-refractivity contribution in [2.45, 2.75) is 13.8 Å². The molecule has 0 aliphatic carbocycles. The second-order valence-corrected chi connectivity index (χ2v) is 4.81. The summed E-state index contributed by atoms with van der Waals surface area (Å²) in [5, 5.41) is 12.1. The highest BCUT2D eigenvalue weighted by Crippen LogP contribution is 2.22. The van der Waals surface area contributed by atoms with Crippen LogP contribution < -0.4 is 11.1 Å². The van der Waals surface area contributed by atoms with Crippen molar-refractivity contribution in [1.82, 2.24) is 0 Å². The fourth-order valence-corrected chi connectivity index (χ4v) is 1.80. The number of rotatable bonds is 4. The number of hydrogen-bond acceptors (Lipinski definition) is 3. The Balaban J connectivity index is 2.94. The number of nitrogens with zero attached hydrogens (tertiary/aromatic N) is 1. The Morgan fingerprint density at radius 3 is 2.72 bits per heavy atom. The van der Waals surface area contributed by atoms with Gasteiger partial charge >= 0.3 is 0 Å². The molecule has 96 valence electrons. The first kappa shape index (κ1) is 14.5. The van der Waals surface area contributed by atoms with E-state index in [4.69, 9.17) is 22.6 Å². The summed E-state index contributed by atoms with van der Waals surface area (Å²) in [6.07, 6.45) is 0. The molecule has 0 saturated carbocycles. The molecule has 5 heteroatoms. The molecule has 1 atom stereocenters. The number of nitriles is 1. The van der Waals surface area contributed by atoms with Crippen LogP contribution in [0.15, 0.2) is 18.2 Å². The maximum atomic E-state index is 12.0. The van der Waals surface area contributed by atoms with Gasteiger partial charge in [-0.2, -0.15) is 5.26 Å². The van der Waals surface area contributed by atoms with Crippen molar-refractivity contribution in [1.29, 1.82) is 5.26 Å². The SMILES string of the molecule is CC(C)C(CN)C(=O)Nc1cc(Cl)ccc1C#N. The van der Waals surface area contributed by atoms with Crippen molar-refractivity contribution >= 4 is 23.2 Å². The van der Waals surface area contributed by atoms with E-state index in [1.807, 2.05) is 19.9 Å². The van der Waals surface area contributed by atoms with Crippen LogP contribution >= 0.6 is 11.6 Å². The molecule has 1 amide bonds. The van der Waals surface area contributed by atoms with Crippen LogP contribution in [0.5, 0.6) is 0 Å². The van der Waals surface area contributed by atoms with E-state index < -0.39 is 0 Å². The topological polar surface area (TPSA) is 78.9 Å². The predicted molar refractivity (Wildman–Crippen MR) is 72.2 cm³/mol. The van der Waals surface area contributed by atoms with Crippen LogP contribution in [0.3, 0.4) is 0 Å². The van der Waals surface area contributed by atoms with Crippen LogP contribution in [0.4, 0.5) is 5.69 Å². The van der Waals surface area contributed by atoms with E-state index in [1.54, 1.807) is 18.2 Å². The van der Waals surface area contributed by atoms with Gasteiger partial charge in [0.2, 0.25) is 5.91 Å². The number of halogens is 1. The summed E-state index contributed by atoms with van der Waals surface area (Å²) in [6.45, 7) is 4.13.